The summed E-state index contributed by atoms with van der Waals surface area (Å²) in [5, 5.41) is 4.16. The number of ketones is 1. The fraction of sp³-hybridized carbons (Fsp3) is 0.389. The smallest absolute Gasteiger partial charge is 0.309 e. The van der Waals surface area contributed by atoms with E-state index in [-0.39, 0.29) is 26.9 Å². The van der Waals surface area contributed by atoms with Gasteiger partial charge >= 0.3 is 5.97 Å². The Labute approximate surface area is 163 Å². The molecule has 9 heteroatoms. The number of benzene rings is 1. The van der Waals surface area contributed by atoms with Crippen LogP contribution in [0, 0.1) is 13.8 Å². The van der Waals surface area contributed by atoms with Crippen molar-refractivity contribution in [3.8, 4) is 5.88 Å². The number of rotatable bonds is 6. The molecule has 1 heterocycles. The van der Waals surface area contributed by atoms with Gasteiger partial charge in [-0.2, -0.15) is 5.10 Å². The molecule has 0 atom stereocenters. The summed E-state index contributed by atoms with van der Waals surface area (Å²) in [4.78, 5) is 24.6. The zero-order valence-electron chi connectivity index (χ0n) is 15.8. The van der Waals surface area contributed by atoms with Crippen LogP contribution in [0.5, 0.6) is 5.88 Å². The molecule has 1 aromatic carbocycles. The van der Waals surface area contributed by atoms with Crippen LogP contribution >= 0.6 is 11.6 Å². The number of hydrogen-bond donors (Lipinski definition) is 0. The molecule has 0 saturated heterocycles. The quantitative estimate of drug-likeness (QED) is 0.534. The fourth-order valence-corrected chi connectivity index (χ4v) is 4.56. The standard InChI is InChI=1S/C18H21ClN2O5S/c1-6-7-21-18(26-12(4)22)14(9-20-21)16(23)13-8-10(2)17(27(5,24)25)11(3)15(13)19/h8-9H,6-7H2,1-5H3. The summed E-state index contributed by atoms with van der Waals surface area (Å²) in [6.45, 7) is 6.78. The highest BCUT2D eigenvalue weighted by molar-refractivity contribution is 7.90. The van der Waals surface area contributed by atoms with Gasteiger partial charge in [-0.05, 0) is 37.5 Å². The molecule has 0 aliphatic heterocycles. The Hall–Kier alpha value is -2.19. The van der Waals surface area contributed by atoms with Crippen molar-refractivity contribution in [2.75, 3.05) is 6.26 Å². The maximum Gasteiger partial charge on any atom is 0.309 e. The zero-order chi connectivity index (χ0) is 20.5. The first-order chi connectivity index (χ1) is 12.5. The predicted molar refractivity (Wildman–Crippen MR) is 101 cm³/mol. The second kappa shape index (κ2) is 7.82. The SMILES string of the molecule is CCCn1ncc(C(=O)c2cc(C)c(S(C)(=O)=O)c(C)c2Cl)c1OC(C)=O. The van der Waals surface area contributed by atoms with E-state index in [4.69, 9.17) is 16.3 Å². The third-order valence-electron chi connectivity index (χ3n) is 3.95. The van der Waals surface area contributed by atoms with Crippen molar-refractivity contribution in [2.24, 2.45) is 0 Å². The first kappa shape index (κ1) is 21.1. The number of esters is 1. The first-order valence-corrected chi connectivity index (χ1v) is 10.5. The number of hydrogen-bond acceptors (Lipinski definition) is 6. The Morgan fingerprint density at radius 1 is 1.26 bits per heavy atom. The second-order valence-electron chi connectivity index (χ2n) is 6.29. The maximum atomic E-state index is 13.1. The molecule has 1 aromatic heterocycles. The van der Waals surface area contributed by atoms with Crippen LogP contribution in [0.25, 0.3) is 0 Å². The number of carbonyl (C=O) groups excluding carboxylic acids is 2. The van der Waals surface area contributed by atoms with Crippen molar-refractivity contribution in [2.45, 2.75) is 45.6 Å². The van der Waals surface area contributed by atoms with Gasteiger partial charge in [-0.1, -0.05) is 18.5 Å². The van der Waals surface area contributed by atoms with Crippen LogP contribution in [0.15, 0.2) is 17.2 Å². The molecule has 0 saturated carbocycles. The lowest BCUT2D eigenvalue weighted by Crippen LogP contribution is -2.13. The van der Waals surface area contributed by atoms with Gasteiger partial charge in [-0.3, -0.25) is 9.59 Å². The van der Waals surface area contributed by atoms with Crippen LogP contribution < -0.4 is 4.74 Å². The Kier molecular flexibility index (Phi) is 6.11. The van der Waals surface area contributed by atoms with Crippen LogP contribution in [0.1, 0.15) is 47.3 Å². The number of carbonyl (C=O) groups is 2. The van der Waals surface area contributed by atoms with E-state index in [1.165, 1.54) is 23.9 Å². The van der Waals surface area contributed by atoms with Gasteiger partial charge in [0.25, 0.3) is 0 Å². The monoisotopic (exact) mass is 412 g/mol. The lowest BCUT2D eigenvalue weighted by molar-refractivity contribution is -0.132. The molecule has 2 aromatic rings. The zero-order valence-corrected chi connectivity index (χ0v) is 17.4. The van der Waals surface area contributed by atoms with E-state index >= 15 is 0 Å². The molecule has 0 amide bonds. The molecule has 0 radical (unpaired) electrons. The summed E-state index contributed by atoms with van der Waals surface area (Å²) in [5.74, 6) is -1.02. The Balaban J connectivity index is 2.64. The van der Waals surface area contributed by atoms with Crippen LogP contribution in [0.2, 0.25) is 5.02 Å². The van der Waals surface area contributed by atoms with Gasteiger partial charge in [-0.25, -0.2) is 13.1 Å². The summed E-state index contributed by atoms with van der Waals surface area (Å²) in [6.07, 6.45) is 3.14. The van der Waals surface area contributed by atoms with E-state index in [1.807, 2.05) is 6.92 Å². The highest BCUT2D eigenvalue weighted by Gasteiger charge is 2.27. The molecule has 0 aliphatic carbocycles. The molecular formula is C18H21ClN2O5S. The second-order valence-corrected chi connectivity index (χ2v) is 8.62. The molecule has 0 fully saturated rings. The van der Waals surface area contributed by atoms with Crippen molar-refractivity contribution < 1.29 is 22.7 Å². The van der Waals surface area contributed by atoms with E-state index in [2.05, 4.69) is 5.10 Å². The maximum absolute atomic E-state index is 13.1. The molecule has 0 bridgehead atoms. The van der Waals surface area contributed by atoms with Crippen LogP contribution in [-0.4, -0.2) is 36.2 Å². The van der Waals surface area contributed by atoms with Gasteiger partial charge in [0.05, 0.1) is 16.1 Å². The van der Waals surface area contributed by atoms with Crippen molar-refractivity contribution in [1.82, 2.24) is 9.78 Å². The summed E-state index contributed by atoms with van der Waals surface area (Å²) >= 11 is 6.33. The fourth-order valence-electron chi connectivity index (χ4n) is 2.97. The third-order valence-corrected chi connectivity index (χ3v) is 5.81. The number of ether oxygens (including phenoxy) is 1. The van der Waals surface area contributed by atoms with Gasteiger partial charge in [0.2, 0.25) is 11.7 Å². The number of aromatic nitrogens is 2. The molecule has 0 spiro atoms. The Morgan fingerprint density at radius 3 is 2.41 bits per heavy atom. The number of aryl methyl sites for hydroxylation is 2. The number of nitrogens with zero attached hydrogens (tertiary/aromatic N) is 2. The summed E-state index contributed by atoms with van der Waals surface area (Å²) in [6, 6.07) is 1.43. The summed E-state index contributed by atoms with van der Waals surface area (Å²) in [7, 11) is -3.50. The van der Waals surface area contributed by atoms with Crippen molar-refractivity contribution >= 4 is 33.2 Å². The van der Waals surface area contributed by atoms with Gasteiger partial charge in [0, 0.05) is 25.3 Å². The summed E-state index contributed by atoms with van der Waals surface area (Å²) < 4.78 is 30.7. The van der Waals surface area contributed by atoms with Crippen molar-refractivity contribution in [1.29, 1.82) is 0 Å². The van der Waals surface area contributed by atoms with Crippen molar-refractivity contribution in [3.05, 3.63) is 39.5 Å². The van der Waals surface area contributed by atoms with Crippen molar-refractivity contribution in [3.63, 3.8) is 0 Å². The topological polar surface area (TPSA) is 95.3 Å². The van der Waals surface area contributed by atoms with Crippen LogP contribution in [-0.2, 0) is 21.2 Å². The molecule has 2 rings (SSSR count). The largest absolute Gasteiger partial charge is 0.407 e. The molecule has 7 nitrogen and oxygen atoms in total. The average molecular weight is 413 g/mol. The van der Waals surface area contributed by atoms with Crippen LogP contribution in [0.4, 0.5) is 0 Å². The van der Waals surface area contributed by atoms with Crippen LogP contribution in [0.3, 0.4) is 0 Å². The average Bonchev–Trinajstić information content (AvgIpc) is 2.91. The highest BCUT2D eigenvalue weighted by atomic mass is 35.5. The number of sulfone groups is 1. The normalized spacial score (nSPS) is 11.5. The Morgan fingerprint density at radius 2 is 1.89 bits per heavy atom. The van der Waals surface area contributed by atoms with Gasteiger partial charge in [0.15, 0.2) is 9.84 Å². The van der Waals surface area contributed by atoms with Gasteiger partial charge < -0.3 is 4.74 Å². The van der Waals surface area contributed by atoms with E-state index in [1.54, 1.807) is 13.8 Å². The minimum atomic E-state index is -3.50. The molecule has 146 valence electrons. The van der Waals surface area contributed by atoms with E-state index < -0.39 is 21.6 Å². The Bertz CT molecular complexity index is 1020. The van der Waals surface area contributed by atoms with Gasteiger partial charge in [-0.15, -0.1) is 0 Å². The van der Waals surface area contributed by atoms with Gasteiger partial charge in [0.1, 0.15) is 5.56 Å². The molecule has 27 heavy (non-hydrogen) atoms. The minimum absolute atomic E-state index is 0.0445. The van der Waals surface area contributed by atoms with E-state index in [0.29, 0.717) is 17.7 Å². The minimum Gasteiger partial charge on any atom is -0.407 e. The summed E-state index contributed by atoms with van der Waals surface area (Å²) in [5.41, 5.74) is 0.935. The molecule has 0 aliphatic rings. The lowest BCUT2D eigenvalue weighted by Gasteiger charge is -2.14. The molecule has 0 N–H and O–H groups in total. The number of halogens is 1. The molecular weight excluding hydrogens is 392 g/mol. The lowest BCUT2D eigenvalue weighted by atomic mass is 10.0. The third kappa shape index (κ3) is 4.22. The van der Waals surface area contributed by atoms with E-state index in [0.717, 1.165) is 12.7 Å². The molecule has 0 unspecified atom stereocenters. The highest BCUT2D eigenvalue weighted by Crippen LogP contribution is 2.33. The predicted octanol–water partition coefficient (Wildman–Crippen LogP) is 3.12. The van der Waals surface area contributed by atoms with E-state index in [9.17, 15) is 18.0 Å². The first-order valence-electron chi connectivity index (χ1n) is 8.27.